The summed E-state index contributed by atoms with van der Waals surface area (Å²) in [5.74, 6) is -1.36. The average Bonchev–Trinajstić information content (AvgIpc) is 2.66. The molecule has 5 atom stereocenters. The van der Waals surface area contributed by atoms with Crippen molar-refractivity contribution < 1.29 is 43.3 Å². The van der Waals surface area contributed by atoms with Crippen molar-refractivity contribution >= 4 is 17.6 Å². The molecule has 160 valence electrons. The topological polar surface area (TPSA) is 144 Å². The second kappa shape index (κ2) is 10.3. The number of aliphatic hydroxyl groups excluding tert-OH is 1. The van der Waals surface area contributed by atoms with Crippen LogP contribution in [0, 0.1) is 10.1 Å². The van der Waals surface area contributed by atoms with Gasteiger partial charge in [-0.25, -0.2) is 0 Å². The Kier molecular flexibility index (Phi) is 8.02. The van der Waals surface area contributed by atoms with Gasteiger partial charge in [-0.3, -0.25) is 19.7 Å². The number of carbonyl (C=O) groups excluding carboxylic acids is 2. The summed E-state index contributed by atoms with van der Waals surface area (Å²) < 4.78 is 26.5. The molecule has 0 aliphatic carbocycles. The van der Waals surface area contributed by atoms with E-state index in [1.165, 1.54) is 19.2 Å². The predicted molar refractivity (Wildman–Crippen MR) is 95.5 cm³/mol. The minimum atomic E-state index is -1.39. The number of ether oxygens (including phenoxy) is 5. The second-order valence-electron chi connectivity index (χ2n) is 6.32. The zero-order chi connectivity index (χ0) is 21.6. The lowest BCUT2D eigenvalue weighted by Crippen LogP contribution is -2.61. The first kappa shape index (κ1) is 22.7. The molecule has 1 fully saturated rings. The monoisotopic (exact) mass is 413 g/mol. The van der Waals surface area contributed by atoms with Gasteiger partial charge >= 0.3 is 11.9 Å². The number of nitro groups is 1. The fourth-order valence-corrected chi connectivity index (χ4v) is 2.96. The summed E-state index contributed by atoms with van der Waals surface area (Å²) >= 11 is 0. The summed E-state index contributed by atoms with van der Waals surface area (Å²) in [5.41, 5.74) is 0.250. The Balaban J connectivity index is 2.09. The van der Waals surface area contributed by atoms with Crippen LogP contribution in [0.3, 0.4) is 0 Å². The predicted octanol–water partition coefficient (Wildman–Crippen LogP) is 0.707. The van der Waals surface area contributed by atoms with Gasteiger partial charge in [0.05, 0.1) is 23.7 Å². The summed E-state index contributed by atoms with van der Waals surface area (Å²) in [6.07, 6.45) is -5.93. The van der Waals surface area contributed by atoms with Gasteiger partial charge in [0.1, 0.15) is 12.2 Å². The van der Waals surface area contributed by atoms with Gasteiger partial charge < -0.3 is 28.8 Å². The van der Waals surface area contributed by atoms with E-state index in [0.29, 0.717) is 5.56 Å². The van der Waals surface area contributed by atoms with Crippen molar-refractivity contribution in [1.29, 1.82) is 0 Å². The van der Waals surface area contributed by atoms with E-state index in [9.17, 15) is 24.8 Å². The standard InChI is InChI=1S/C18H23NO10/c1-10(20)27-16-15(22)14(29-18(25-3)17(16)28-11(2)21)9-26-8-12-6-4-5-7-13(12)19(23)24/h4-7,14-18,22H,8-9H2,1-3H3/t14-,15-,16+,17-,18+/m1/s1. The fraction of sp³-hybridized carbons (Fsp3) is 0.556. The van der Waals surface area contributed by atoms with Gasteiger partial charge in [0.25, 0.3) is 5.69 Å². The number of hydrogen-bond donors (Lipinski definition) is 1. The maximum atomic E-state index is 11.4. The van der Waals surface area contributed by atoms with Crippen LogP contribution in [0.15, 0.2) is 24.3 Å². The summed E-state index contributed by atoms with van der Waals surface area (Å²) in [4.78, 5) is 33.4. The molecule has 0 radical (unpaired) electrons. The van der Waals surface area contributed by atoms with Gasteiger partial charge in [0.2, 0.25) is 0 Å². The van der Waals surface area contributed by atoms with Gasteiger partial charge in [-0.2, -0.15) is 0 Å². The highest BCUT2D eigenvalue weighted by atomic mass is 16.7. The number of hydrogen-bond acceptors (Lipinski definition) is 10. The van der Waals surface area contributed by atoms with Gasteiger partial charge in [0, 0.05) is 27.0 Å². The first-order valence-corrected chi connectivity index (χ1v) is 8.75. The molecule has 29 heavy (non-hydrogen) atoms. The van der Waals surface area contributed by atoms with Crippen molar-refractivity contribution in [3.05, 3.63) is 39.9 Å². The van der Waals surface area contributed by atoms with Gasteiger partial charge in [-0.05, 0) is 6.07 Å². The first-order valence-electron chi connectivity index (χ1n) is 8.75. The molecule has 0 saturated carbocycles. The molecule has 0 bridgehead atoms. The number of esters is 2. The number of benzene rings is 1. The highest BCUT2D eigenvalue weighted by Crippen LogP contribution is 2.27. The van der Waals surface area contributed by atoms with E-state index >= 15 is 0 Å². The molecular formula is C18H23NO10. The number of methoxy groups -OCH3 is 1. The molecule has 1 N–H and O–H groups in total. The van der Waals surface area contributed by atoms with Crippen molar-refractivity contribution in [3.63, 3.8) is 0 Å². The SMILES string of the molecule is CO[C@H]1O[C@H](COCc2ccccc2[N+](=O)[O-])[C@@H](O)[C@H](OC(C)=O)[C@H]1OC(C)=O. The highest BCUT2D eigenvalue weighted by molar-refractivity contribution is 5.67. The molecule has 11 nitrogen and oxygen atoms in total. The largest absolute Gasteiger partial charge is 0.455 e. The zero-order valence-corrected chi connectivity index (χ0v) is 16.2. The van der Waals surface area contributed by atoms with Crippen LogP contribution < -0.4 is 0 Å². The minimum Gasteiger partial charge on any atom is -0.455 e. The van der Waals surface area contributed by atoms with E-state index in [4.69, 9.17) is 23.7 Å². The summed E-state index contributed by atoms with van der Waals surface area (Å²) in [7, 11) is 1.30. The molecule has 2 rings (SSSR count). The Hall–Kier alpha value is -2.60. The Morgan fingerprint density at radius 3 is 2.38 bits per heavy atom. The summed E-state index contributed by atoms with van der Waals surface area (Å²) in [6.45, 7) is 2.02. The molecule has 1 saturated heterocycles. The second-order valence-corrected chi connectivity index (χ2v) is 6.32. The van der Waals surface area contributed by atoms with Crippen LogP contribution in [-0.2, 0) is 39.9 Å². The third kappa shape index (κ3) is 5.94. The van der Waals surface area contributed by atoms with E-state index in [1.807, 2.05) is 0 Å². The lowest BCUT2D eigenvalue weighted by molar-refractivity contribution is -0.386. The van der Waals surface area contributed by atoms with Gasteiger partial charge in [-0.15, -0.1) is 0 Å². The molecule has 0 amide bonds. The van der Waals surface area contributed by atoms with E-state index < -0.39 is 47.6 Å². The first-order chi connectivity index (χ1) is 13.7. The van der Waals surface area contributed by atoms with Gasteiger partial charge in [0.15, 0.2) is 18.5 Å². The minimum absolute atomic E-state index is 0.0971. The normalized spacial score (nSPS) is 26.6. The summed E-state index contributed by atoms with van der Waals surface area (Å²) in [6, 6.07) is 6.08. The average molecular weight is 413 g/mol. The van der Waals surface area contributed by atoms with Crippen LogP contribution in [0.1, 0.15) is 19.4 Å². The number of aliphatic hydroxyl groups is 1. The van der Waals surface area contributed by atoms with Crippen LogP contribution in [0.5, 0.6) is 0 Å². The Morgan fingerprint density at radius 2 is 1.79 bits per heavy atom. The Morgan fingerprint density at radius 1 is 1.17 bits per heavy atom. The van der Waals surface area contributed by atoms with Crippen molar-refractivity contribution in [3.8, 4) is 0 Å². The fourth-order valence-electron chi connectivity index (χ4n) is 2.96. The van der Waals surface area contributed by atoms with E-state index in [2.05, 4.69) is 0 Å². The summed E-state index contributed by atoms with van der Waals surface area (Å²) in [5, 5.41) is 21.6. The molecule has 1 heterocycles. The number of para-hydroxylation sites is 1. The van der Waals surface area contributed by atoms with Crippen LogP contribution in [0.2, 0.25) is 0 Å². The highest BCUT2D eigenvalue weighted by Gasteiger charge is 2.49. The lowest BCUT2D eigenvalue weighted by Gasteiger charge is -2.42. The Bertz CT molecular complexity index is 739. The maximum Gasteiger partial charge on any atom is 0.303 e. The molecule has 1 aliphatic heterocycles. The van der Waals surface area contributed by atoms with E-state index in [1.54, 1.807) is 12.1 Å². The van der Waals surface area contributed by atoms with Crippen LogP contribution >= 0.6 is 0 Å². The molecule has 0 spiro atoms. The third-order valence-corrected chi connectivity index (χ3v) is 4.18. The molecule has 1 aromatic carbocycles. The Labute approximate surface area is 166 Å². The van der Waals surface area contributed by atoms with Crippen LogP contribution in [0.25, 0.3) is 0 Å². The van der Waals surface area contributed by atoms with Crippen molar-refractivity contribution in [1.82, 2.24) is 0 Å². The van der Waals surface area contributed by atoms with Crippen molar-refractivity contribution in [2.24, 2.45) is 0 Å². The number of nitro benzene ring substituents is 1. The van der Waals surface area contributed by atoms with Crippen LogP contribution in [0.4, 0.5) is 5.69 Å². The van der Waals surface area contributed by atoms with Gasteiger partial charge in [-0.1, -0.05) is 12.1 Å². The molecule has 0 aromatic heterocycles. The quantitative estimate of drug-likeness (QED) is 0.367. The van der Waals surface area contributed by atoms with E-state index in [0.717, 1.165) is 13.8 Å². The smallest absolute Gasteiger partial charge is 0.303 e. The molecular weight excluding hydrogens is 390 g/mol. The molecule has 1 aliphatic rings. The number of rotatable bonds is 8. The number of carbonyl (C=O) groups is 2. The van der Waals surface area contributed by atoms with Crippen molar-refractivity contribution in [2.45, 2.75) is 51.2 Å². The van der Waals surface area contributed by atoms with Crippen LogP contribution in [-0.4, -0.2) is 66.4 Å². The molecule has 1 aromatic rings. The lowest BCUT2D eigenvalue weighted by atomic mass is 9.98. The number of nitrogens with zero attached hydrogens (tertiary/aromatic N) is 1. The molecule has 11 heteroatoms. The van der Waals surface area contributed by atoms with Crippen molar-refractivity contribution in [2.75, 3.05) is 13.7 Å². The third-order valence-electron chi connectivity index (χ3n) is 4.18. The van der Waals surface area contributed by atoms with E-state index in [-0.39, 0.29) is 18.9 Å². The molecule has 0 unspecified atom stereocenters. The zero-order valence-electron chi connectivity index (χ0n) is 16.2. The maximum absolute atomic E-state index is 11.4.